The Hall–Kier alpha value is -4.84. The lowest BCUT2D eigenvalue weighted by molar-refractivity contribution is -0.135. The summed E-state index contributed by atoms with van der Waals surface area (Å²) < 4.78 is 51.9. The summed E-state index contributed by atoms with van der Waals surface area (Å²) in [5, 5.41) is 2.19. The standard InChI is InChI=1S/C55H69NO8Si/c1-51(2,3)62-65(63-52(4,5)6,64-53(7,8)9)60-34-33-59-40-27-23-38(24-28-40)55(37-21-25-39(57-12)26-22-37)30-29-42-49-48(41-19-15-16-20-45(41)54(49,10)11)43-35-46(56-31-17-14-18-32-56)47(58-13)36-44(43)50(42)61-55/h15-16,19-30,35-36H,14,17-18,31-34H2,1-13H3. The van der Waals surface area contributed by atoms with Gasteiger partial charge < -0.3 is 41.6 Å². The molecule has 0 N–H and O–H groups in total. The molecule has 2 heterocycles. The predicted octanol–water partition coefficient (Wildman–Crippen LogP) is 12.8. The molecule has 5 aromatic carbocycles. The van der Waals surface area contributed by atoms with Gasteiger partial charge in [-0.15, -0.1) is 0 Å². The first-order valence-corrected chi connectivity index (χ1v) is 24.9. The van der Waals surface area contributed by atoms with Crippen molar-refractivity contribution in [3.05, 3.63) is 119 Å². The quantitative estimate of drug-likeness (QED) is 0.0848. The van der Waals surface area contributed by atoms with Gasteiger partial charge in [0.25, 0.3) is 0 Å². The number of piperidine rings is 1. The largest absolute Gasteiger partial charge is 0.681 e. The zero-order valence-electron chi connectivity index (χ0n) is 40.9. The smallest absolute Gasteiger partial charge is 0.497 e. The van der Waals surface area contributed by atoms with Gasteiger partial charge in [-0.05, 0) is 152 Å². The van der Waals surface area contributed by atoms with Crippen LogP contribution in [0.1, 0.15) is 123 Å². The number of rotatable bonds is 13. The van der Waals surface area contributed by atoms with Gasteiger partial charge in [0.15, 0.2) is 5.60 Å². The van der Waals surface area contributed by atoms with Crippen molar-refractivity contribution in [3.63, 3.8) is 0 Å². The minimum Gasteiger partial charge on any atom is -0.497 e. The number of fused-ring (bicyclic) bond motifs is 8. The summed E-state index contributed by atoms with van der Waals surface area (Å²) in [5.74, 6) is 3.15. The molecule has 1 aliphatic carbocycles. The number of ether oxygens (including phenoxy) is 4. The van der Waals surface area contributed by atoms with E-state index in [1.807, 2.05) is 86.6 Å². The van der Waals surface area contributed by atoms with Crippen molar-refractivity contribution in [2.45, 2.75) is 123 Å². The van der Waals surface area contributed by atoms with Crippen LogP contribution in [-0.4, -0.2) is 66.4 Å². The van der Waals surface area contributed by atoms with Crippen LogP contribution in [-0.2, 0) is 28.7 Å². The van der Waals surface area contributed by atoms with Gasteiger partial charge in [0.2, 0.25) is 0 Å². The maximum absolute atomic E-state index is 7.68. The summed E-state index contributed by atoms with van der Waals surface area (Å²) in [7, 11) is -0.181. The lowest BCUT2D eigenvalue weighted by Crippen LogP contribution is -2.59. The minimum atomic E-state index is -3.65. The molecule has 0 bridgehead atoms. The highest BCUT2D eigenvalue weighted by atomic mass is 28.4. The third-order valence-electron chi connectivity index (χ3n) is 12.3. The Bertz CT molecular complexity index is 2500. The van der Waals surface area contributed by atoms with E-state index in [4.69, 9.17) is 36.7 Å². The zero-order valence-corrected chi connectivity index (χ0v) is 41.9. The lowest BCUT2D eigenvalue weighted by atomic mass is 9.76. The normalized spacial score (nSPS) is 18.2. The van der Waals surface area contributed by atoms with Gasteiger partial charge in [0.1, 0.15) is 29.6 Å². The topological polar surface area (TPSA) is 77.1 Å². The first-order chi connectivity index (χ1) is 30.7. The van der Waals surface area contributed by atoms with Crippen LogP contribution >= 0.6 is 0 Å². The van der Waals surface area contributed by atoms with E-state index in [0.717, 1.165) is 58.1 Å². The summed E-state index contributed by atoms with van der Waals surface area (Å²) >= 11 is 0. The SMILES string of the molecule is COc1ccc(C2(c3ccc(OCCO[Si](OC(C)(C)C)(OC(C)(C)C)OC(C)(C)C)cc3)C=Cc3c4c(c5cc(N6CCCCC6)c(OC)cc5c3O2)-c2ccccc2C4(C)C)cc1. The van der Waals surface area contributed by atoms with Crippen LogP contribution in [0.15, 0.2) is 91.0 Å². The molecule has 0 aromatic heterocycles. The van der Waals surface area contributed by atoms with Gasteiger partial charge in [-0.1, -0.05) is 68.5 Å². The fourth-order valence-electron chi connectivity index (χ4n) is 9.73. The summed E-state index contributed by atoms with van der Waals surface area (Å²) in [4.78, 5) is 2.50. The van der Waals surface area contributed by atoms with E-state index in [1.165, 1.54) is 46.9 Å². The molecule has 0 saturated carbocycles. The van der Waals surface area contributed by atoms with Crippen molar-refractivity contribution in [3.8, 4) is 34.1 Å². The number of hydrogen-bond acceptors (Lipinski definition) is 9. The molecular formula is C55H69NO8Si. The minimum absolute atomic E-state index is 0.204. The highest BCUT2D eigenvalue weighted by Crippen LogP contribution is 2.59. The molecule has 1 saturated heterocycles. The summed E-state index contributed by atoms with van der Waals surface area (Å²) in [6.07, 6.45) is 8.10. The highest BCUT2D eigenvalue weighted by molar-refractivity contribution is 6.54. The van der Waals surface area contributed by atoms with Gasteiger partial charge >= 0.3 is 9.05 Å². The first kappa shape index (κ1) is 46.7. The number of benzene rings is 5. The number of hydrogen-bond donors (Lipinski definition) is 0. The van der Waals surface area contributed by atoms with Gasteiger partial charge in [0.05, 0.1) is 43.3 Å². The third kappa shape index (κ3) is 9.43. The van der Waals surface area contributed by atoms with Crippen LogP contribution in [0.4, 0.5) is 5.69 Å². The van der Waals surface area contributed by atoms with Crippen LogP contribution in [0.5, 0.6) is 23.0 Å². The summed E-state index contributed by atoms with van der Waals surface area (Å²) in [6, 6.07) is 29.8. The molecule has 0 amide bonds. The predicted molar refractivity (Wildman–Crippen MR) is 264 cm³/mol. The second-order valence-electron chi connectivity index (χ2n) is 21.0. The van der Waals surface area contributed by atoms with Gasteiger partial charge in [-0.2, -0.15) is 0 Å². The van der Waals surface area contributed by atoms with Crippen LogP contribution in [0.3, 0.4) is 0 Å². The van der Waals surface area contributed by atoms with E-state index in [9.17, 15) is 0 Å². The first-order valence-electron chi connectivity index (χ1n) is 23.2. The van der Waals surface area contributed by atoms with Crippen LogP contribution in [0.2, 0.25) is 0 Å². The maximum atomic E-state index is 7.68. The van der Waals surface area contributed by atoms with Gasteiger partial charge in [-0.3, -0.25) is 0 Å². The molecule has 346 valence electrons. The molecule has 9 nitrogen and oxygen atoms in total. The van der Waals surface area contributed by atoms with Crippen LogP contribution < -0.4 is 23.8 Å². The van der Waals surface area contributed by atoms with E-state index in [-0.39, 0.29) is 18.6 Å². The fraction of sp³-hybridized carbons (Fsp3) is 0.455. The Kier molecular flexibility index (Phi) is 12.5. The maximum Gasteiger partial charge on any atom is 0.681 e. The van der Waals surface area contributed by atoms with Gasteiger partial charge in [0, 0.05) is 40.6 Å². The van der Waals surface area contributed by atoms with Crippen molar-refractivity contribution < 1.29 is 36.7 Å². The average molecular weight is 900 g/mol. The van der Waals surface area contributed by atoms with E-state index >= 15 is 0 Å². The van der Waals surface area contributed by atoms with Crippen LogP contribution in [0, 0.1) is 0 Å². The van der Waals surface area contributed by atoms with Crippen molar-refractivity contribution in [2.75, 3.05) is 45.4 Å². The van der Waals surface area contributed by atoms with Crippen molar-refractivity contribution >= 4 is 31.6 Å². The molecule has 2 aliphatic heterocycles. The lowest BCUT2D eigenvalue weighted by Gasteiger charge is -2.41. The second kappa shape index (κ2) is 17.4. The number of methoxy groups -OCH3 is 2. The van der Waals surface area contributed by atoms with E-state index in [1.54, 1.807) is 14.2 Å². The monoisotopic (exact) mass is 899 g/mol. The number of anilines is 1. The van der Waals surface area contributed by atoms with E-state index < -0.39 is 31.5 Å². The van der Waals surface area contributed by atoms with E-state index in [0.29, 0.717) is 5.75 Å². The molecule has 5 aromatic rings. The zero-order chi connectivity index (χ0) is 46.6. The van der Waals surface area contributed by atoms with E-state index in [2.05, 4.69) is 91.6 Å². The van der Waals surface area contributed by atoms with Crippen molar-refractivity contribution in [2.24, 2.45) is 0 Å². The molecule has 1 atom stereocenters. The van der Waals surface area contributed by atoms with Crippen LogP contribution in [0.25, 0.3) is 28.0 Å². The van der Waals surface area contributed by atoms with Gasteiger partial charge in [-0.25, -0.2) is 0 Å². The molecule has 3 aliphatic rings. The molecule has 0 spiro atoms. The molecular weight excluding hydrogens is 831 g/mol. The molecule has 65 heavy (non-hydrogen) atoms. The molecule has 1 fully saturated rings. The van der Waals surface area contributed by atoms with Crippen molar-refractivity contribution in [1.82, 2.24) is 0 Å². The Morgan fingerprint density at radius 2 is 1.25 bits per heavy atom. The Morgan fingerprint density at radius 1 is 0.662 bits per heavy atom. The average Bonchev–Trinajstić information content (AvgIpc) is 3.49. The third-order valence-corrected chi connectivity index (χ3v) is 15.4. The Labute approximate surface area is 388 Å². The number of nitrogens with zero attached hydrogens (tertiary/aromatic N) is 1. The molecule has 0 radical (unpaired) electrons. The Morgan fingerprint density at radius 3 is 1.82 bits per heavy atom. The molecule has 1 unspecified atom stereocenters. The highest BCUT2D eigenvalue weighted by Gasteiger charge is 2.54. The summed E-state index contributed by atoms with van der Waals surface area (Å²) in [6.45, 7) is 25.0. The van der Waals surface area contributed by atoms with Crippen molar-refractivity contribution in [1.29, 1.82) is 0 Å². The second-order valence-corrected chi connectivity index (χ2v) is 22.9. The summed E-state index contributed by atoms with van der Waals surface area (Å²) in [5.41, 5.74) is 6.32. The Balaban J connectivity index is 1.18. The molecule has 8 rings (SSSR count). The fourth-order valence-corrected chi connectivity index (χ4v) is 12.6. The molecule has 10 heteroatoms.